The van der Waals surface area contributed by atoms with Gasteiger partial charge in [-0.25, -0.2) is 4.39 Å². The number of nitrogens with two attached hydrogens (primary N) is 1. The summed E-state index contributed by atoms with van der Waals surface area (Å²) in [6.45, 7) is 0.466. The molecule has 3 rings (SSSR count). The van der Waals surface area contributed by atoms with Crippen molar-refractivity contribution in [1.29, 1.82) is 0 Å². The molecule has 2 N–H and O–H groups in total. The highest BCUT2D eigenvalue weighted by molar-refractivity contribution is 6.33. The van der Waals surface area contributed by atoms with E-state index in [1.807, 2.05) is 54.6 Å². The standard InChI is InChI=1S/C19H15ClFNO/c20-18-16(9-10-17(22)19(18)21)14-7-4-8-15(11-14)23-12-13-5-2-1-3-6-13/h1-11H,12,22H2. The molecule has 0 aromatic heterocycles. The van der Waals surface area contributed by atoms with E-state index in [0.29, 0.717) is 17.9 Å². The summed E-state index contributed by atoms with van der Waals surface area (Å²) in [6, 6.07) is 20.5. The van der Waals surface area contributed by atoms with E-state index in [1.54, 1.807) is 6.07 Å². The molecule has 3 aromatic carbocycles. The third kappa shape index (κ3) is 3.46. The van der Waals surface area contributed by atoms with Gasteiger partial charge in [0.2, 0.25) is 0 Å². The van der Waals surface area contributed by atoms with Gasteiger partial charge >= 0.3 is 0 Å². The predicted molar refractivity (Wildman–Crippen MR) is 92.0 cm³/mol. The first kappa shape index (κ1) is 15.4. The number of nitrogen functional groups attached to an aromatic ring is 1. The van der Waals surface area contributed by atoms with Gasteiger partial charge < -0.3 is 10.5 Å². The number of ether oxygens (including phenoxy) is 1. The fourth-order valence-electron chi connectivity index (χ4n) is 2.28. The molecular weight excluding hydrogens is 313 g/mol. The lowest BCUT2D eigenvalue weighted by atomic mass is 10.0. The van der Waals surface area contributed by atoms with Crippen LogP contribution in [0.2, 0.25) is 5.02 Å². The molecule has 0 saturated heterocycles. The second-order valence-corrected chi connectivity index (χ2v) is 5.51. The molecule has 0 unspecified atom stereocenters. The Balaban J connectivity index is 1.84. The van der Waals surface area contributed by atoms with Gasteiger partial charge in [-0.05, 0) is 29.3 Å². The highest BCUT2D eigenvalue weighted by atomic mass is 35.5. The van der Waals surface area contributed by atoms with E-state index in [1.165, 1.54) is 6.07 Å². The number of benzene rings is 3. The molecule has 0 aliphatic rings. The Kier molecular flexibility index (Phi) is 4.49. The highest BCUT2D eigenvalue weighted by Gasteiger charge is 2.11. The molecule has 2 nitrogen and oxygen atoms in total. The van der Waals surface area contributed by atoms with Crippen molar-refractivity contribution in [2.45, 2.75) is 6.61 Å². The molecule has 0 spiro atoms. The summed E-state index contributed by atoms with van der Waals surface area (Å²) in [5.74, 6) is 0.0967. The van der Waals surface area contributed by atoms with Gasteiger partial charge in [0.1, 0.15) is 12.4 Å². The molecule has 0 aliphatic heterocycles. The first-order chi connectivity index (χ1) is 11.1. The molecule has 23 heavy (non-hydrogen) atoms. The van der Waals surface area contributed by atoms with Crippen molar-refractivity contribution in [3.8, 4) is 16.9 Å². The fraction of sp³-hybridized carbons (Fsp3) is 0.0526. The molecule has 0 radical (unpaired) electrons. The monoisotopic (exact) mass is 327 g/mol. The van der Waals surface area contributed by atoms with Crippen LogP contribution in [-0.4, -0.2) is 0 Å². The Morgan fingerprint density at radius 2 is 1.74 bits per heavy atom. The van der Waals surface area contributed by atoms with Crippen LogP contribution in [0.15, 0.2) is 66.7 Å². The maximum absolute atomic E-state index is 13.9. The zero-order valence-corrected chi connectivity index (χ0v) is 13.1. The van der Waals surface area contributed by atoms with Crippen LogP contribution in [0.25, 0.3) is 11.1 Å². The van der Waals surface area contributed by atoms with E-state index in [9.17, 15) is 4.39 Å². The normalized spacial score (nSPS) is 10.5. The van der Waals surface area contributed by atoms with E-state index in [4.69, 9.17) is 22.1 Å². The Bertz CT molecular complexity index is 821. The minimum atomic E-state index is -0.597. The lowest BCUT2D eigenvalue weighted by molar-refractivity contribution is 0.306. The van der Waals surface area contributed by atoms with E-state index in [0.717, 1.165) is 11.1 Å². The summed E-state index contributed by atoms with van der Waals surface area (Å²) in [7, 11) is 0. The summed E-state index contributed by atoms with van der Waals surface area (Å²) >= 11 is 6.06. The zero-order valence-electron chi connectivity index (χ0n) is 12.3. The molecule has 0 aliphatic carbocycles. The van der Waals surface area contributed by atoms with Gasteiger partial charge in [-0.15, -0.1) is 0 Å². The Labute approximate surface area is 139 Å². The number of anilines is 1. The summed E-state index contributed by atoms with van der Waals surface area (Å²) < 4.78 is 19.6. The van der Waals surface area contributed by atoms with Crippen LogP contribution in [-0.2, 0) is 6.61 Å². The van der Waals surface area contributed by atoms with Gasteiger partial charge in [-0.3, -0.25) is 0 Å². The largest absolute Gasteiger partial charge is 0.489 e. The molecule has 0 saturated carbocycles. The van der Waals surface area contributed by atoms with Crippen molar-refractivity contribution in [2.24, 2.45) is 0 Å². The van der Waals surface area contributed by atoms with Crippen LogP contribution < -0.4 is 10.5 Å². The molecule has 0 amide bonds. The number of halogens is 2. The smallest absolute Gasteiger partial charge is 0.165 e. The average Bonchev–Trinajstić information content (AvgIpc) is 2.59. The van der Waals surface area contributed by atoms with Crippen molar-refractivity contribution < 1.29 is 9.13 Å². The van der Waals surface area contributed by atoms with Gasteiger partial charge in [-0.2, -0.15) is 0 Å². The van der Waals surface area contributed by atoms with Crippen LogP contribution >= 0.6 is 11.6 Å². The minimum Gasteiger partial charge on any atom is -0.489 e. The molecule has 0 fully saturated rings. The highest BCUT2D eigenvalue weighted by Crippen LogP contribution is 2.34. The average molecular weight is 328 g/mol. The summed E-state index contributed by atoms with van der Waals surface area (Å²) in [4.78, 5) is 0. The molecule has 0 bridgehead atoms. The molecule has 4 heteroatoms. The predicted octanol–water partition coefficient (Wildman–Crippen LogP) is 5.31. The van der Waals surface area contributed by atoms with Gasteiger partial charge in [0.05, 0.1) is 10.7 Å². The topological polar surface area (TPSA) is 35.2 Å². The van der Waals surface area contributed by atoms with Crippen LogP contribution in [0.5, 0.6) is 5.75 Å². The molecule has 3 aromatic rings. The lowest BCUT2D eigenvalue weighted by Gasteiger charge is -2.10. The molecule has 116 valence electrons. The second kappa shape index (κ2) is 6.71. The lowest BCUT2D eigenvalue weighted by Crippen LogP contribution is -1.96. The fourth-order valence-corrected chi connectivity index (χ4v) is 2.56. The van der Waals surface area contributed by atoms with Crippen LogP contribution in [0.3, 0.4) is 0 Å². The van der Waals surface area contributed by atoms with Crippen LogP contribution in [0.1, 0.15) is 5.56 Å². The van der Waals surface area contributed by atoms with Gasteiger partial charge in [-0.1, -0.05) is 60.1 Å². The maximum atomic E-state index is 13.9. The third-order valence-electron chi connectivity index (χ3n) is 3.51. The Hall–Kier alpha value is -2.52. The molecular formula is C19H15ClFNO. The van der Waals surface area contributed by atoms with Gasteiger partial charge in [0.15, 0.2) is 5.82 Å². The Morgan fingerprint density at radius 3 is 2.52 bits per heavy atom. The van der Waals surface area contributed by atoms with Crippen molar-refractivity contribution in [3.05, 3.63) is 83.1 Å². The van der Waals surface area contributed by atoms with Crippen molar-refractivity contribution in [2.75, 3.05) is 5.73 Å². The summed E-state index contributed by atoms with van der Waals surface area (Å²) in [6.07, 6.45) is 0. The van der Waals surface area contributed by atoms with Crippen molar-refractivity contribution in [3.63, 3.8) is 0 Å². The number of hydrogen-bond donors (Lipinski definition) is 1. The molecule has 0 heterocycles. The van der Waals surface area contributed by atoms with Crippen LogP contribution in [0.4, 0.5) is 10.1 Å². The maximum Gasteiger partial charge on any atom is 0.165 e. The van der Waals surface area contributed by atoms with Crippen LogP contribution in [0, 0.1) is 5.82 Å². The third-order valence-corrected chi connectivity index (χ3v) is 3.88. The first-order valence-electron chi connectivity index (χ1n) is 7.16. The van der Waals surface area contributed by atoms with Crippen molar-refractivity contribution >= 4 is 17.3 Å². The number of hydrogen-bond acceptors (Lipinski definition) is 2. The summed E-state index contributed by atoms with van der Waals surface area (Å²) in [5, 5.41) is 0.0187. The first-order valence-corrected chi connectivity index (χ1v) is 7.53. The SMILES string of the molecule is Nc1ccc(-c2cccc(OCc3ccccc3)c2)c(Cl)c1F. The quantitative estimate of drug-likeness (QED) is 0.659. The minimum absolute atomic E-state index is 0.0187. The van der Waals surface area contributed by atoms with Gasteiger partial charge in [0, 0.05) is 5.56 Å². The number of rotatable bonds is 4. The van der Waals surface area contributed by atoms with E-state index in [2.05, 4.69) is 0 Å². The van der Waals surface area contributed by atoms with E-state index >= 15 is 0 Å². The van der Waals surface area contributed by atoms with Gasteiger partial charge in [0.25, 0.3) is 0 Å². The second-order valence-electron chi connectivity index (χ2n) is 5.13. The van der Waals surface area contributed by atoms with Crippen molar-refractivity contribution in [1.82, 2.24) is 0 Å². The molecule has 0 atom stereocenters. The van der Waals surface area contributed by atoms with E-state index < -0.39 is 5.82 Å². The van der Waals surface area contributed by atoms with E-state index in [-0.39, 0.29) is 10.7 Å². The Morgan fingerprint density at radius 1 is 0.957 bits per heavy atom. The zero-order chi connectivity index (χ0) is 16.2. The summed E-state index contributed by atoms with van der Waals surface area (Å²) in [5.41, 5.74) is 8.00.